The molecule has 1 aromatic rings. The van der Waals surface area contributed by atoms with Crippen molar-refractivity contribution in [3.8, 4) is 0 Å². The second-order valence-corrected chi connectivity index (χ2v) is 5.62. The van der Waals surface area contributed by atoms with Crippen molar-refractivity contribution < 1.29 is 4.79 Å². The van der Waals surface area contributed by atoms with Crippen LogP contribution >= 0.6 is 0 Å². The Kier molecular flexibility index (Phi) is 5.41. The number of hydrogen-bond donors (Lipinski definition) is 2. The lowest BCUT2D eigenvalue weighted by Crippen LogP contribution is -2.39. The van der Waals surface area contributed by atoms with Crippen LogP contribution in [0.5, 0.6) is 0 Å². The van der Waals surface area contributed by atoms with E-state index in [4.69, 9.17) is 5.73 Å². The van der Waals surface area contributed by atoms with E-state index < -0.39 is 0 Å². The zero-order valence-electron chi connectivity index (χ0n) is 12.3. The fourth-order valence-electron chi connectivity index (χ4n) is 2.76. The van der Waals surface area contributed by atoms with Crippen LogP contribution in [0.4, 0.5) is 5.69 Å². The van der Waals surface area contributed by atoms with Gasteiger partial charge in [-0.15, -0.1) is 0 Å². The molecule has 1 aliphatic heterocycles. The van der Waals surface area contributed by atoms with Crippen molar-refractivity contribution in [3.05, 3.63) is 29.8 Å². The molecule has 4 heteroatoms. The highest BCUT2D eigenvalue weighted by Gasteiger charge is 2.17. The molecule has 110 valence electrons. The summed E-state index contributed by atoms with van der Waals surface area (Å²) in [4.78, 5) is 14.5. The number of piperidine rings is 1. The van der Waals surface area contributed by atoms with Crippen LogP contribution < -0.4 is 11.1 Å². The van der Waals surface area contributed by atoms with Crippen LogP contribution in [-0.4, -0.2) is 36.5 Å². The minimum Gasteiger partial charge on any atom is -0.399 e. The normalized spacial score (nSPS) is 19.8. The predicted molar refractivity (Wildman–Crippen MR) is 82.7 cm³/mol. The lowest BCUT2D eigenvalue weighted by molar-refractivity contribution is 0.0949. The average Bonchev–Trinajstić information content (AvgIpc) is 2.45. The lowest BCUT2D eigenvalue weighted by atomic mass is 10.0. The lowest BCUT2D eigenvalue weighted by Gasteiger charge is -2.33. The van der Waals surface area contributed by atoms with Crippen LogP contribution in [0.25, 0.3) is 0 Å². The molecule has 0 saturated carbocycles. The van der Waals surface area contributed by atoms with Crippen LogP contribution in [0.2, 0.25) is 0 Å². The standard InChI is InChI=1S/C16H25N3O/c1-13-6-2-3-10-19(13)11-5-9-18-16(20)14-7-4-8-15(17)12-14/h4,7-8,12-13H,2-3,5-6,9-11,17H2,1H3,(H,18,20). The van der Waals surface area contributed by atoms with E-state index in [0.717, 1.165) is 19.5 Å². The Hall–Kier alpha value is -1.55. The Bertz CT molecular complexity index is 447. The first-order chi connectivity index (χ1) is 9.66. The first kappa shape index (κ1) is 14.9. The molecule has 2 rings (SSSR count). The molecule has 0 aliphatic carbocycles. The highest BCUT2D eigenvalue weighted by molar-refractivity contribution is 5.94. The summed E-state index contributed by atoms with van der Waals surface area (Å²) in [6, 6.07) is 7.78. The van der Waals surface area contributed by atoms with E-state index in [1.807, 2.05) is 0 Å². The Labute approximate surface area is 121 Å². The van der Waals surface area contributed by atoms with E-state index >= 15 is 0 Å². The van der Waals surface area contributed by atoms with Gasteiger partial charge in [-0.05, 0) is 50.9 Å². The summed E-state index contributed by atoms with van der Waals surface area (Å²) < 4.78 is 0. The molecule has 0 spiro atoms. The second kappa shape index (κ2) is 7.29. The Morgan fingerprint density at radius 1 is 1.45 bits per heavy atom. The number of amides is 1. The molecule has 1 heterocycles. The van der Waals surface area contributed by atoms with Crippen LogP contribution in [0.15, 0.2) is 24.3 Å². The number of nitrogen functional groups attached to an aromatic ring is 1. The largest absolute Gasteiger partial charge is 0.399 e. The summed E-state index contributed by atoms with van der Waals surface area (Å²) in [6.45, 7) is 5.28. The molecule has 1 aromatic carbocycles. The van der Waals surface area contributed by atoms with E-state index in [-0.39, 0.29) is 5.91 Å². The highest BCUT2D eigenvalue weighted by atomic mass is 16.1. The predicted octanol–water partition coefficient (Wildman–Crippen LogP) is 2.26. The third kappa shape index (κ3) is 4.23. The van der Waals surface area contributed by atoms with Gasteiger partial charge < -0.3 is 16.0 Å². The SMILES string of the molecule is CC1CCCCN1CCCNC(=O)c1cccc(N)c1. The molecule has 0 bridgehead atoms. The summed E-state index contributed by atoms with van der Waals surface area (Å²) in [6.07, 6.45) is 4.96. The maximum Gasteiger partial charge on any atom is 0.251 e. The number of nitrogens with one attached hydrogen (secondary N) is 1. The van der Waals surface area contributed by atoms with E-state index in [2.05, 4.69) is 17.1 Å². The Balaban J connectivity index is 1.69. The quantitative estimate of drug-likeness (QED) is 0.640. The first-order valence-electron chi connectivity index (χ1n) is 7.54. The second-order valence-electron chi connectivity index (χ2n) is 5.62. The molecule has 20 heavy (non-hydrogen) atoms. The van der Waals surface area contributed by atoms with Crippen LogP contribution in [0.1, 0.15) is 43.0 Å². The van der Waals surface area contributed by atoms with Gasteiger partial charge in [0.25, 0.3) is 5.91 Å². The monoisotopic (exact) mass is 275 g/mol. The molecule has 1 atom stereocenters. The molecule has 1 saturated heterocycles. The summed E-state index contributed by atoms with van der Waals surface area (Å²) in [5.41, 5.74) is 6.94. The molecule has 1 fully saturated rings. The fourth-order valence-corrected chi connectivity index (χ4v) is 2.76. The molecule has 1 unspecified atom stereocenters. The van der Waals surface area contributed by atoms with Crippen molar-refractivity contribution in [2.24, 2.45) is 0 Å². The summed E-state index contributed by atoms with van der Waals surface area (Å²) >= 11 is 0. The van der Waals surface area contributed by atoms with Gasteiger partial charge in [0.05, 0.1) is 0 Å². The van der Waals surface area contributed by atoms with Gasteiger partial charge in [-0.1, -0.05) is 12.5 Å². The van der Waals surface area contributed by atoms with Crippen LogP contribution in [-0.2, 0) is 0 Å². The van der Waals surface area contributed by atoms with Gasteiger partial charge in [-0.25, -0.2) is 0 Å². The van der Waals surface area contributed by atoms with E-state index in [0.29, 0.717) is 17.3 Å². The van der Waals surface area contributed by atoms with E-state index in [9.17, 15) is 4.79 Å². The smallest absolute Gasteiger partial charge is 0.251 e. The number of rotatable bonds is 5. The maximum atomic E-state index is 11.9. The van der Waals surface area contributed by atoms with E-state index in [1.165, 1.54) is 25.8 Å². The molecule has 0 aromatic heterocycles. The summed E-state index contributed by atoms with van der Waals surface area (Å²) in [5.74, 6) is -0.0380. The number of anilines is 1. The zero-order chi connectivity index (χ0) is 14.4. The van der Waals surface area contributed by atoms with Gasteiger partial charge in [-0.2, -0.15) is 0 Å². The number of carbonyl (C=O) groups excluding carboxylic acids is 1. The van der Waals surface area contributed by atoms with Crippen molar-refractivity contribution in [3.63, 3.8) is 0 Å². The van der Waals surface area contributed by atoms with Gasteiger partial charge >= 0.3 is 0 Å². The van der Waals surface area contributed by atoms with Crippen molar-refractivity contribution in [2.75, 3.05) is 25.4 Å². The maximum absolute atomic E-state index is 11.9. The molecular weight excluding hydrogens is 250 g/mol. The highest BCUT2D eigenvalue weighted by Crippen LogP contribution is 2.16. The molecule has 3 N–H and O–H groups in total. The van der Waals surface area contributed by atoms with Gasteiger partial charge in [0.15, 0.2) is 0 Å². The van der Waals surface area contributed by atoms with E-state index in [1.54, 1.807) is 24.3 Å². The van der Waals surface area contributed by atoms with Crippen LogP contribution in [0.3, 0.4) is 0 Å². The average molecular weight is 275 g/mol. The van der Waals surface area contributed by atoms with Crippen molar-refractivity contribution >= 4 is 11.6 Å². The molecule has 4 nitrogen and oxygen atoms in total. The number of likely N-dealkylation sites (tertiary alicyclic amines) is 1. The van der Waals surface area contributed by atoms with Gasteiger partial charge in [0, 0.05) is 30.4 Å². The van der Waals surface area contributed by atoms with Crippen molar-refractivity contribution in [1.82, 2.24) is 10.2 Å². The van der Waals surface area contributed by atoms with Gasteiger partial charge in [0.2, 0.25) is 0 Å². The number of carbonyl (C=O) groups is 1. The third-order valence-electron chi connectivity index (χ3n) is 4.00. The molecule has 1 aliphatic rings. The molecule has 1 amide bonds. The summed E-state index contributed by atoms with van der Waals surface area (Å²) in [5, 5.41) is 2.96. The van der Waals surface area contributed by atoms with Crippen molar-refractivity contribution in [1.29, 1.82) is 0 Å². The number of hydrogen-bond acceptors (Lipinski definition) is 3. The van der Waals surface area contributed by atoms with Crippen LogP contribution in [0, 0.1) is 0 Å². The Morgan fingerprint density at radius 3 is 3.05 bits per heavy atom. The van der Waals surface area contributed by atoms with Gasteiger partial charge in [0.1, 0.15) is 0 Å². The van der Waals surface area contributed by atoms with Gasteiger partial charge in [-0.3, -0.25) is 4.79 Å². The Morgan fingerprint density at radius 2 is 2.30 bits per heavy atom. The minimum absolute atomic E-state index is 0.0380. The number of benzene rings is 1. The molecule has 0 radical (unpaired) electrons. The third-order valence-corrected chi connectivity index (χ3v) is 4.00. The fraction of sp³-hybridized carbons (Fsp3) is 0.562. The topological polar surface area (TPSA) is 58.4 Å². The minimum atomic E-state index is -0.0380. The number of nitrogens with zero attached hydrogens (tertiary/aromatic N) is 1. The first-order valence-corrected chi connectivity index (χ1v) is 7.54. The number of nitrogens with two attached hydrogens (primary N) is 1. The molecular formula is C16H25N3O. The van der Waals surface area contributed by atoms with Crippen molar-refractivity contribution in [2.45, 2.75) is 38.6 Å². The zero-order valence-corrected chi connectivity index (χ0v) is 12.3. The summed E-state index contributed by atoms with van der Waals surface area (Å²) in [7, 11) is 0.